The molecule has 0 saturated heterocycles. The Morgan fingerprint density at radius 2 is 2.25 bits per heavy atom. The lowest BCUT2D eigenvalue weighted by atomic mass is 9.64. The molecule has 2 nitrogen and oxygen atoms in total. The standard InChI is InChI=1S/C14H18O2/c1-4-14(3)12(15)9-13(14)16-11-7-5-6-10(2)8-11/h5-8,13H,4,9H2,1-3H3. The van der Waals surface area contributed by atoms with Gasteiger partial charge in [0.25, 0.3) is 0 Å². The van der Waals surface area contributed by atoms with Gasteiger partial charge in [0.2, 0.25) is 0 Å². The van der Waals surface area contributed by atoms with Crippen molar-refractivity contribution in [1.29, 1.82) is 0 Å². The number of benzene rings is 1. The molecule has 1 aromatic carbocycles. The molecule has 0 spiro atoms. The van der Waals surface area contributed by atoms with Crippen LogP contribution in [-0.2, 0) is 4.79 Å². The van der Waals surface area contributed by atoms with Gasteiger partial charge in [-0.05, 0) is 38.0 Å². The summed E-state index contributed by atoms with van der Waals surface area (Å²) in [5.41, 5.74) is 0.908. The fourth-order valence-electron chi connectivity index (χ4n) is 2.12. The van der Waals surface area contributed by atoms with E-state index in [1.165, 1.54) is 5.56 Å². The number of ether oxygens (including phenoxy) is 1. The zero-order valence-corrected chi connectivity index (χ0v) is 10.1. The first-order valence-electron chi connectivity index (χ1n) is 5.83. The third-order valence-corrected chi connectivity index (χ3v) is 3.72. The number of aryl methyl sites for hydroxylation is 1. The van der Waals surface area contributed by atoms with Crippen LogP contribution in [0.5, 0.6) is 5.75 Å². The van der Waals surface area contributed by atoms with Crippen molar-refractivity contribution in [2.75, 3.05) is 0 Å². The molecule has 2 heteroatoms. The summed E-state index contributed by atoms with van der Waals surface area (Å²) in [5, 5.41) is 0. The maximum Gasteiger partial charge on any atom is 0.146 e. The third-order valence-electron chi connectivity index (χ3n) is 3.72. The summed E-state index contributed by atoms with van der Waals surface area (Å²) in [4.78, 5) is 11.6. The molecule has 2 atom stereocenters. The molecule has 0 radical (unpaired) electrons. The first-order chi connectivity index (χ1) is 7.56. The molecule has 1 saturated carbocycles. The summed E-state index contributed by atoms with van der Waals surface area (Å²) in [6, 6.07) is 7.98. The minimum Gasteiger partial charge on any atom is -0.489 e. The van der Waals surface area contributed by atoms with Crippen LogP contribution in [0.15, 0.2) is 24.3 Å². The van der Waals surface area contributed by atoms with Gasteiger partial charge in [0.1, 0.15) is 17.6 Å². The molecular formula is C14H18O2. The Morgan fingerprint density at radius 3 is 2.81 bits per heavy atom. The molecule has 0 bridgehead atoms. The third kappa shape index (κ3) is 1.73. The van der Waals surface area contributed by atoms with Gasteiger partial charge in [-0.15, -0.1) is 0 Å². The molecule has 16 heavy (non-hydrogen) atoms. The van der Waals surface area contributed by atoms with Crippen LogP contribution in [0.4, 0.5) is 0 Å². The van der Waals surface area contributed by atoms with Gasteiger partial charge in [-0.1, -0.05) is 19.1 Å². The summed E-state index contributed by atoms with van der Waals surface area (Å²) in [6.07, 6.45) is 1.45. The van der Waals surface area contributed by atoms with Crippen molar-refractivity contribution in [3.8, 4) is 5.75 Å². The Balaban J connectivity index is 2.09. The maximum absolute atomic E-state index is 11.6. The van der Waals surface area contributed by atoms with Crippen LogP contribution < -0.4 is 4.74 Å². The lowest BCUT2D eigenvalue weighted by Gasteiger charge is -2.44. The Kier molecular flexibility index (Phi) is 2.75. The van der Waals surface area contributed by atoms with Crippen molar-refractivity contribution in [3.05, 3.63) is 29.8 Å². The van der Waals surface area contributed by atoms with E-state index in [1.54, 1.807) is 0 Å². The number of carbonyl (C=O) groups excluding carboxylic acids is 1. The van der Waals surface area contributed by atoms with E-state index < -0.39 is 0 Å². The zero-order chi connectivity index (χ0) is 11.8. The van der Waals surface area contributed by atoms with Crippen LogP contribution in [0.1, 0.15) is 32.3 Å². The van der Waals surface area contributed by atoms with Crippen molar-refractivity contribution >= 4 is 5.78 Å². The second-order valence-electron chi connectivity index (χ2n) is 4.82. The highest BCUT2D eigenvalue weighted by molar-refractivity contribution is 5.92. The van der Waals surface area contributed by atoms with Crippen LogP contribution >= 0.6 is 0 Å². The second-order valence-corrected chi connectivity index (χ2v) is 4.82. The van der Waals surface area contributed by atoms with Gasteiger partial charge in [-0.2, -0.15) is 0 Å². The summed E-state index contributed by atoms with van der Waals surface area (Å²) in [5.74, 6) is 1.20. The van der Waals surface area contributed by atoms with Gasteiger partial charge in [0, 0.05) is 6.42 Å². The summed E-state index contributed by atoms with van der Waals surface area (Å²) in [7, 11) is 0. The van der Waals surface area contributed by atoms with E-state index >= 15 is 0 Å². The average molecular weight is 218 g/mol. The SMILES string of the molecule is CCC1(C)C(=O)CC1Oc1cccc(C)c1. The average Bonchev–Trinajstić information content (AvgIpc) is 2.27. The minimum absolute atomic E-state index is 0.0480. The van der Waals surface area contributed by atoms with Gasteiger partial charge in [0.05, 0.1) is 5.41 Å². The molecule has 1 aromatic rings. The van der Waals surface area contributed by atoms with Crippen LogP contribution in [-0.4, -0.2) is 11.9 Å². The molecule has 1 fully saturated rings. The van der Waals surface area contributed by atoms with E-state index in [-0.39, 0.29) is 11.5 Å². The number of ketones is 1. The van der Waals surface area contributed by atoms with Gasteiger partial charge in [-0.3, -0.25) is 4.79 Å². The zero-order valence-electron chi connectivity index (χ0n) is 10.1. The second kappa shape index (κ2) is 3.93. The normalized spacial score (nSPS) is 28.7. The molecule has 0 heterocycles. The molecule has 2 rings (SSSR count). The van der Waals surface area contributed by atoms with Crippen LogP contribution in [0.3, 0.4) is 0 Å². The lowest BCUT2D eigenvalue weighted by Crippen LogP contribution is -2.54. The van der Waals surface area contributed by atoms with Crippen molar-refractivity contribution in [1.82, 2.24) is 0 Å². The Morgan fingerprint density at radius 1 is 1.50 bits per heavy atom. The quantitative estimate of drug-likeness (QED) is 0.779. The number of hydrogen-bond donors (Lipinski definition) is 0. The predicted molar refractivity (Wildman–Crippen MR) is 63.6 cm³/mol. The Labute approximate surface area is 96.6 Å². The van der Waals surface area contributed by atoms with Gasteiger partial charge < -0.3 is 4.74 Å². The fraction of sp³-hybridized carbons (Fsp3) is 0.500. The minimum atomic E-state index is -0.274. The molecule has 0 N–H and O–H groups in total. The van der Waals surface area contributed by atoms with E-state index in [0.29, 0.717) is 12.2 Å². The van der Waals surface area contributed by atoms with Crippen LogP contribution in [0, 0.1) is 12.3 Å². The van der Waals surface area contributed by atoms with Crippen LogP contribution in [0.2, 0.25) is 0 Å². The molecule has 0 aliphatic heterocycles. The van der Waals surface area contributed by atoms with E-state index in [0.717, 1.165) is 12.2 Å². The maximum atomic E-state index is 11.6. The van der Waals surface area contributed by atoms with E-state index in [4.69, 9.17) is 4.74 Å². The van der Waals surface area contributed by atoms with E-state index in [2.05, 4.69) is 0 Å². The highest BCUT2D eigenvalue weighted by atomic mass is 16.5. The number of Topliss-reactive ketones (excluding diaryl/α,β-unsaturated/α-hetero) is 1. The number of carbonyl (C=O) groups is 1. The molecule has 0 amide bonds. The summed E-state index contributed by atoms with van der Waals surface area (Å²) in [6.45, 7) is 6.08. The molecule has 86 valence electrons. The first-order valence-corrected chi connectivity index (χ1v) is 5.83. The monoisotopic (exact) mass is 218 g/mol. The fourth-order valence-corrected chi connectivity index (χ4v) is 2.12. The van der Waals surface area contributed by atoms with Gasteiger partial charge >= 0.3 is 0 Å². The highest BCUT2D eigenvalue weighted by Crippen LogP contribution is 2.42. The van der Waals surface area contributed by atoms with Crippen molar-refractivity contribution in [2.24, 2.45) is 5.41 Å². The summed E-state index contributed by atoms with van der Waals surface area (Å²) < 4.78 is 5.89. The molecule has 1 aliphatic carbocycles. The number of hydrogen-bond acceptors (Lipinski definition) is 2. The van der Waals surface area contributed by atoms with Crippen molar-refractivity contribution in [2.45, 2.75) is 39.7 Å². The Bertz CT molecular complexity index is 411. The predicted octanol–water partition coefficient (Wildman–Crippen LogP) is 3.13. The van der Waals surface area contributed by atoms with E-state index in [9.17, 15) is 4.79 Å². The van der Waals surface area contributed by atoms with E-state index in [1.807, 2.05) is 45.0 Å². The van der Waals surface area contributed by atoms with Gasteiger partial charge in [0.15, 0.2) is 0 Å². The molecule has 2 unspecified atom stereocenters. The smallest absolute Gasteiger partial charge is 0.146 e. The largest absolute Gasteiger partial charge is 0.489 e. The molecule has 1 aliphatic rings. The lowest BCUT2D eigenvalue weighted by molar-refractivity contribution is -0.150. The van der Waals surface area contributed by atoms with Crippen LogP contribution in [0.25, 0.3) is 0 Å². The topological polar surface area (TPSA) is 26.3 Å². The van der Waals surface area contributed by atoms with Crippen molar-refractivity contribution < 1.29 is 9.53 Å². The molecule has 0 aromatic heterocycles. The van der Waals surface area contributed by atoms with Gasteiger partial charge in [-0.25, -0.2) is 0 Å². The van der Waals surface area contributed by atoms with Crippen molar-refractivity contribution in [3.63, 3.8) is 0 Å². The summed E-state index contributed by atoms with van der Waals surface area (Å²) >= 11 is 0. The highest BCUT2D eigenvalue weighted by Gasteiger charge is 2.51. The Hall–Kier alpha value is -1.31. The number of rotatable bonds is 3. The molecular weight excluding hydrogens is 200 g/mol. The first kappa shape index (κ1) is 11.2.